The van der Waals surface area contributed by atoms with Gasteiger partial charge in [0.05, 0.1) is 5.60 Å². The van der Waals surface area contributed by atoms with Crippen molar-refractivity contribution in [2.75, 3.05) is 0 Å². The van der Waals surface area contributed by atoms with Crippen LogP contribution in [-0.4, -0.2) is 13.9 Å². The van der Waals surface area contributed by atoms with Crippen molar-refractivity contribution >= 4 is 8.32 Å². The Balaban J connectivity index is 2.51. The summed E-state index contributed by atoms with van der Waals surface area (Å²) in [7, 11) is -1.50. The van der Waals surface area contributed by atoms with Crippen LogP contribution < -0.4 is 0 Å². The zero-order valence-corrected chi connectivity index (χ0v) is 19.6. The molecule has 0 N–H and O–H groups in total. The molecule has 0 fully saturated rings. The van der Waals surface area contributed by atoms with Crippen LogP contribution in [0.25, 0.3) is 0 Å². The smallest absolute Gasteiger partial charge is 0.192 e. The van der Waals surface area contributed by atoms with Crippen LogP contribution in [0.5, 0.6) is 0 Å². The van der Waals surface area contributed by atoms with Gasteiger partial charge in [-0.25, -0.2) is 0 Å². The van der Waals surface area contributed by atoms with E-state index in [1.807, 2.05) is 0 Å². The molecule has 0 aromatic heterocycles. The van der Waals surface area contributed by atoms with E-state index in [1.165, 1.54) is 56.7 Å². The van der Waals surface area contributed by atoms with Crippen molar-refractivity contribution in [3.05, 3.63) is 12.2 Å². The second kappa shape index (κ2) is 9.74. The molecule has 0 heterocycles. The lowest BCUT2D eigenvalue weighted by Crippen LogP contribution is -2.44. The fourth-order valence-corrected chi connectivity index (χ4v) is 7.98. The molecule has 0 radical (unpaired) electrons. The molecule has 2 heteroatoms. The number of allylic oxidation sites excluding steroid dienone is 2. The van der Waals surface area contributed by atoms with E-state index in [0.29, 0.717) is 5.41 Å². The largest absolute Gasteiger partial charge is 0.412 e. The van der Waals surface area contributed by atoms with E-state index in [1.54, 1.807) is 0 Å². The maximum Gasteiger partial charge on any atom is 0.192 e. The van der Waals surface area contributed by atoms with Crippen molar-refractivity contribution in [2.45, 2.75) is 118 Å². The van der Waals surface area contributed by atoms with Gasteiger partial charge in [0.2, 0.25) is 0 Å². The molecule has 3 atom stereocenters. The summed E-state index contributed by atoms with van der Waals surface area (Å²) in [5.74, 6) is 1.55. The Hall–Kier alpha value is -0.0831. The summed E-state index contributed by atoms with van der Waals surface area (Å²) in [6.07, 6.45) is 12.7. The standard InChI is InChI=1S/C23H46OSi/c1-9-25(10-2,11-3)24-22(6,7)17-15-16-20(4)21(5)23(8)18-13-12-14-19-23/h13,18,20-21H,9-12,14-17,19H2,1-8H3/t20-,21-,23-/m1/s1. The van der Waals surface area contributed by atoms with Gasteiger partial charge < -0.3 is 4.43 Å². The minimum atomic E-state index is -1.50. The lowest BCUT2D eigenvalue weighted by molar-refractivity contribution is 0.0782. The zero-order valence-electron chi connectivity index (χ0n) is 18.6. The molecule has 1 nitrogen and oxygen atoms in total. The fraction of sp³-hybridized carbons (Fsp3) is 0.913. The van der Waals surface area contributed by atoms with Crippen molar-refractivity contribution in [1.82, 2.24) is 0 Å². The molecule has 0 saturated carbocycles. The van der Waals surface area contributed by atoms with Crippen molar-refractivity contribution in [1.29, 1.82) is 0 Å². The first-order chi connectivity index (χ1) is 11.6. The van der Waals surface area contributed by atoms with Gasteiger partial charge in [-0.15, -0.1) is 0 Å². The van der Waals surface area contributed by atoms with Crippen LogP contribution in [-0.2, 0) is 4.43 Å². The molecule has 25 heavy (non-hydrogen) atoms. The summed E-state index contributed by atoms with van der Waals surface area (Å²) in [6, 6.07) is 3.75. The van der Waals surface area contributed by atoms with E-state index in [0.717, 1.165) is 11.8 Å². The Bertz CT molecular complexity index is 402. The van der Waals surface area contributed by atoms with Crippen molar-refractivity contribution in [3.63, 3.8) is 0 Å². The van der Waals surface area contributed by atoms with Crippen molar-refractivity contribution in [2.24, 2.45) is 17.3 Å². The quantitative estimate of drug-likeness (QED) is 0.266. The summed E-state index contributed by atoms with van der Waals surface area (Å²) >= 11 is 0. The lowest BCUT2D eigenvalue weighted by atomic mass is 9.66. The third-order valence-electron chi connectivity index (χ3n) is 7.34. The van der Waals surface area contributed by atoms with Gasteiger partial charge in [-0.1, -0.05) is 66.5 Å². The third-order valence-corrected chi connectivity index (χ3v) is 12.2. The molecule has 1 aliphatic carbocycles. The molecule has 1 rings (SSSR count). The maximum atomic E-state index is 6.78. The van der Waals surface area contributed by atoms with E-state index in [2.05, 4.69) is 67.5 Å². The summed E-state index contributed by atoms with van der Waals surface area (Å²) in [5, 5.41) is 0. The number of rotatable bonds is 11. The van der Waals surface area contributed by atoms with Crippen molar-refractivity contribution in [3.8, 4) is 0 Å². The molecular weight excluding hydrogens is 320 g/mol. The first kappa shape index (κ1) is 23.0. The predicted octanol–water partition coefficient (Wildman–Crippen LogP) is 7.98. The maximum absolute atomic E-state index is 6.78. The number of hydrogen-bond acceptors (Lipinski definition) is 1. The molecule has 1 aliphatic rings. The zero-order chi connectivity index (χ0) is 19.1. The molecule has 0 aliphatic heterocycles. The van der Waals surface area contributed by atoms with Gasteiger partial charge in [-0.2, -0.15) is 0 Å². The van der Waals surface area contributed by atoms with Gasteiger partial charge >= 0.3 is 0 Å². The lowest BCUT2D eigenvalue weighted by Gasteiger charge is -2.40. The van der Waals surface area contributed by atoms with Crippen LogP contribution in [0.2, 0.25) is 18.1 Å². The molecule has 0 saturated heterocycles. The third kappa shape index (κ3) is 6.54. The molecule has 0 aromatic rings. The highest BCUT2D eigenvalue weighted by Gasteiger charge is 2.36. The monoisotopic (exact) mass is 366 g/mol. The Morgan fingerprint density at radius 3 is 2.20 bits per heavy atom. The molecule has 0 aromatic carbocycles. The molecule has 0 bridgehead atoms. The van der Waals surface area contributed by atoms with Crippen LogP contribution in [0, 0.1) is 17.3 Å². The Morgan fingerprint density at radius 1 is 1.12 bits per heavy atom. The number of hydrogen-bond donors (Lipinski definition) is 0. The van der Waals surface area contributed by atoms with Crippen LogP contribution >= 0.6 is 0 Å². The van der Waals surface area contributed by atoms with E-state index >= 15 is 0 Å². The van der Waals surface area contributed by atoms with Gasteiger partial charge in [0.25, 0.3) is 0 Å². The summed E-state index contributed by atoms with van der Waals surface area (Å²) in [6.45, 7) is 19.1. The van der Waals surface area contributed by atoms with Crippen molar-refractivity contribution < 1.29 is 4.43 Å². The molecule has 0 unspecified atom stereocenters. The van der Waals surface area contributed by atoms with E-state index < -0.39 is 8.32 Å². The highest BCUT2D eigenvalue weighted by molar-refractivity contribution is 6.73. The van der Waals surface area contributed by atoms with Gasteiger partial charge in [0.15, 0.2) is 8.32 Å². The minimum Gasteiger partial charge on any atom is -0.412 e. The predicted molar refractivity (Wildman–Crippen MR) is 116 cm³/mol. The first-order valence-corrected chi connectivity index (χ1v) is 13.5. The normalized spacial score (nSPS) is 24.3. The average Bonchev–Trinajstić information content (AvgIpc) is 2.59. The SMILES string of the molecule is CC[Si](CC)(CC)OC(C)(C)CCC[C@@H](C)[C@@H](C)[C@]1(C)C=CCCC1. The second-order valence-electron chi connectivity index (χ2n) is 9.56. The highest BCUT2D eigenvalue weighted by Crippen LogP contribution is 2.43. The summed E-state index contributed by atoms with van der Waals surface area (Å²) < 4.78 is 6.78. The summed E-state index contributed by atoms with van der Waals surface area (Å²) in [5.41, 5.74) is 0.463. The van der Waals surface area contributed by atoms with E-state index in [9.17, 15) is 0 Å². The Morgan fingerprint density at radius 2 is 1.72 bits per heavy atom. The van der Waals surface area contributed by atoms with E-state index in [-0.39, 0.29) is 5.60 Å². The van der Waals surface area contributed by atoms with Crippen LogP contribution in [0.4, 0.5) is 0 Å². The average molecular weight is 367 g/mol. The van der Waals surface area contributed by atoms with Crippen LogP contribution in [0.1, 0.15) is 93.9 Å². The summed E-state index contributed by atoms with van der Waals surface area (Å²) in [4.78, 5) is 0. The molecule has 0 amide bonds. The van der Waals surface area contributed by atoms with Gasteiger partial charge in [0.1, 0.15) is 0 Å². The molecule has 148 valence electrons. The first-order valence-electron chi connectivity index (χ1n) is 11.0. The van der Waals surface area contributed by atoms with Gasteiger partial charge in [-0.05, 0) is 74.9 Å². The topological polar surface area (TPSA) is 9.23 Å². The van der Waals surface area contributed by atoms with Gasteiger partial charge in [0, 0.05) is 0 Å². The van der Waals surface area contributed by atoms with Crippen LogP contribution in [0.15, 0.2) is 12.2 Å². The molecule has 0 spiro atoms. The Labute approximate surface area is 160 Å². The fourth-order valence-electron chi connectivity index (χ4n) is 4.77. The molecular formula is C23H46OSi. The van der Waals surface area contributed by atoms with Gasteiger partial charge in [-0.3, -0.25) is 0 Å². The van der Waals surface area contributed by atoms with Crippen LogP contribution in [0.3, 0.4) is 0 Å². The Kier molecular flexibility index (Phi) is 8.94. The highest BCUT2D eigenvalue weighted by atomic mass is 28.4. The second-order valence-corrected chi connectivity index (χ2v) is 14.3. The van der Waals surface area contributed by atoms with E-state index in [4.69, 9.17) is 4.43 Å². The minimum absolute atomic E-state index is 0.0475.